The molecule has 4 bridgehead atoms. The number of hydrogen-bond donors (Lipinski definition) is 3. The maximum absolute atomic E-state index is 11.0. The molecule has 0 saturated heterocycles. The number of tetrazole rings is 1. The number of carbonyl (C=O) groups is 1. The minimum atomic E-state index is -0.946. The van der Waals surface area contributed by atoms with E-state index in [-0.39, 0.29) is 11.8 Å². The lowest BCUT2D eigenvalue weighted by molar-refractivity contribution is -0.162. The van der Waals surface area contributed by atoms with Crippen LogP contribution in [0.15, 0.2) is 18.2 Å². The molecule has 0 radical (unpaired) electrons. The molecule has 3 N–H and O–H groups in total. The van der Waals surface area contributed by atoms with Crippen LogP contribution in [0.1, 0.15) is 55.5 Å². The molecule has 31 heavy (non-hydrogen) atoms. The van der Waals surface area contributed by atoms with E-state index in [1.54, 1.807) is 4.68 Å². The molecule has 0 aliphatic heterocycles. The summed E-state index contributed by atoms with van der Waals surface area (Å²) in [6.07, 6.45) is 6.64. The highest BCUT2D eigenvalue weighted by Crippen LogP contribution is 2.61. The molecule has 9 heteroatoms. The minimum absolute atomic E-state index is 0.190. The molecule has 2 aromatic rings. The third kappa shape index (κ3) is 4.49. The topological polar surface area (TPSA) is 113 Å². The number of benzene rings is 1. The fourth-order valence-corrected chi connectivity index (χ4v) is 7.43. The monoisotopic (exact) mass is 537 g/mol. The largest absolute Gasteiger partial charge is 0.481 e. The van der Waals surface area contributed by atoms with E-state index in [4.69, 9.17) is 5.11 Å². The van der Waals surface area contributed by atoms with Crippen LogP contribution in [0.2, 0.25) is 0 Å². The van der Waals surface area contributed by atoms with Crippen molar-refractivity contribution in [2.45, 2.75) is 63.6 Å². The predicted molar refractivity (Wildman–Crippen MR) is 121 cm³/mol. The van der Waals surface area contributed by atoms with Gasteiger partial charge in [0.05, 0.1) is 12.1 Å². The number of aliphatic hydroxyl groups is 1. The molecule has 8 nitrogen and oxygen atoms in total. The van der Waals surface area contributed by atoms with E-state index in [2.05, 4.69) is 61.6 Å². The van der Waals surface area contributed by atoms with Crippen LogP contribution < -0.4 is 5.32 Å². The fraction of sp³-hybridized carbons (Fsp3) is 0.636. The van der Waals surface area contributed by atoms with Crippen LogP contribution in [0.5, 0.6) is 0 Å². The molecule has 1 heterocycles. The van der Waals surface area contributed by atoms with Crippen LogP contribution in [0, 0.1) is 20.8 Å². The maximum atomic E-state index is 11.0. The van der Waals surface area contributed by atoms with Gasteiger partial charge in [-0.1, -0.05) is 12.1 Å². The number of aromatic nitrogens is 4. The molecule has 4 aliphatic carbocycles. The normalized spacial score (nSPS) is 31.3. The summed E-state index contributed by atoms with van der Waals surface area (Å²) in [4.78, 5) is 11.0. The number of nitrogens with zero attached hydrogens (tertiary/aromatic N) is 4. The molecule has 2 atom stereocenters. The van der Waals surface area contributed by atoms with E-state index >= 15 is 0 Å². The summed E-state index contributed by atoms with van der Waals surface area (Å²) >= 11 is 2.32. The lowest BCUT2D eigenvalue weighted by Gasteiger charge is -2.60. The Morgan fingerprint density at radius 1 is 1.26 bits per heavy atom. The molecular formula is C22H28IN5O3. The Balaban J connectivity index is 1.20. The summed E-state index contributed by atoms with van der Waals surface area (Å²) in [5, 5.41) is 35.0. The number of carboxylic acids is 1. The molecule has 0 spiro atoms. The van der Waals surface area contributed by atoms with E-state index < -0.39 is 11.6 Å². The smallest absolute Gasteiger partial charge is 0.311 e. The lowest BCUT2D eigenvalue weighted by Crippen LogP contribution is -2.58. The Morgan fingerprint density at radius 2 is 2.03 bits per heavy atom. The highest BCUT2D eigenvalue weighted by atomic mass is 127. The van der Waals surface area contributed by atoms with Crippen molar-refractivity contribution >= 4 is 28.6 Å². The maximum Gasteiger partial charge on any atom is 0.311 e. The van der Waals surface area contributed by atoms with E-state index in [1.807, 2.05) is 0 Å². The van der Waals surface area contributed by atoms with Gasteiger partial charge in [0.25, 0.3) is 0 Å². The first-order chi connectivity index (χ1) is 14.8. The van der Waals surface area contributed by atoms with Crippen LogP contribution in [0.3, 0.4) is 0 Å². The van der Waals surface area contributed by atoms with Gasteiger partial charge in [0.1, 0.15) is 6.42 Å². The van der Waals surface area contributed by atoms with Crippen molar-refractivity contribution in [1.29, 1.82) is 0 Å². The van der Waals surface area contributed by atoms with Crippen LogP contribution >= 0.6 is 22.6 Å². The zero-order valence-electron chi connectivity index (χ0n) is 17.4. The fourth-order valence-electron chi connectivity index (χ4n) is 6.68. The van der Waals surface area contributed by atoms with Crippen molar-refractivity contribution < 1.29 is 15.0 Å². The Morgan fingerprint density at radius 3 is 2.71 bits per heavy atom. The summed E-state index contributed by atoms with van der Waals surface area (Å²) in [7, 11) is 0. The Hall–Kier alpha value is -1.59. The Kier molecular flexibility index (Phi) is 5.54. The van der Waals surface area contributed by atoms with E-state index in [1.165, 1.54) is 24.8 Å². The molecular weight excluding hydrogens is 509 g/mol. The zero-order valence-corrected chi connectivity index (χ0v) is 19.6. The summed E-state index contributed by atoms with van der Waals surface area (Å²) < 4.78 is 2.65. The van der Waals surface area contributed by atoms with Crippen LogP contribution in [-0.4, -0.2) is 48.5 Å². The van der Waals surface area contributed by atoms with E-state index in [0.29, 0.717) is 24.2 Å². The van der Waals surface area contributed by atoms with Gasteiger partial charge in [-0.25, -0.2) is 4.68 Å². The van der Waals surface area contributed by atoms with Crippen LogP contribution in [0.25, 0.3) is 0 Å². The van der Waals surface area contributed by atoms with Crippen molar-refractivity contribution in [3.05, 3.63) is 38.7 Å². The first-order valence-electron chi connectivity index (χ1n) is 11.0. The van der Waals surface area contributed by atoms with Gasteiger partial charge in [0.15, 0.2) is 5.82 Å². The number of rotatable bonds is 8. The molecule has 166 valence electrons. The number of aliphatic carboxylic acids is 1. The van der Waals surface area contributed by atoms with Crippen molar-refractivity contribution in [3.8, 4) is 0 Å². The van der Waals surface area contributed by atoms with E-state index in [0.717, 1.165) is 41.5 Å². The van der Waals surface area contributed by atoms with Crippen LogP contribution in [0.4, 0.5) is 0 Å². The number of carboxylic acid groups (broad SMARTS) is 1. The van der Waals surface area contributed by atoms with Crippen molar-refractivity contribution in [1.82, 2.24) is 25.5 Å². The predicted octanol–water partition coefficient (Wildman–Crippen LogP) is 2.37. The summed E-state index contributed by atoms with van der Waals surface area (Å²) in [5.41, 5.74) is 2.15. The van der Waals surface area contributed by atoms with Gasteiger partial charge in [-0.2, -0.15) is 0 Å². The number of halogens is 1. The van der Waals surface area contributed by atoms with E-state index in [9.17, 15) is 9.90 Å². The molecule has 1 aromatic carbocycles. The molecule has 4 aliphatic rings. The zero-order chi connectivity index (χ0) is 21.6. The lowest BCUT2D eigenvalue weighted by atomic mass is 9.48. The quantitative estimate of drug-likeness (QED) is 0.444. The van der Waals surface area contributed by atoms with Gasteiger partial charge in [-0.05, 0) is 106 Å². The molecule has 4 fully saturated rings. The third-order valence-electron chi connectivity index (χ3n) is 7.33. The van der Waals surface area contributed by atoms with Crippen molar-refractivity contribution in [3.63, 3.8) is 0 Å². The van der Waals surface area contributed by atoms with Gasteiger partial charge in [-0.15, -0.1) is 5.10 Å². The van der Waals surface area contributed by atoms with Crippen LogP contribution in [-0.2, 0) is 24.3 Å². The van der Waals surface area contributed by atoms with Gasteiger partial charge < -0.3 is 15.5 Å². The SMILES string of the molecule is O=C(O)Cc1nnnn1Cc1ccc(CNCC23CC4CC(CC(O)(C4)C2)C3)cc1I. The van der Waals surface area contributed by atoms with Gasteiger partial charge in [0.2, 0.25) is 0 Å². The molecule has 2 unspecified atom stereocenters. The Bertz CT molecular complexity index is 979. The number of nitrogens with one attached hydrogen (secondary N) is 1. The molecule has 4 saturated carbocycles. The molecule has 6 rings (SSSR count). The second-order valence-electron chi connectivity index (χ2n) is 10.0. The second-order valence-corrected chi connectivity index (χ2v) is 11.2. The second kappa shape index (κ2) is 8.08. The van der Waals surface area contributed by atoms with Gasteiger partial charge in [-0.3, -0.25) is 4.79 Å². The highest BCUT2D eigenvalue weighted by Gasteiger charge is 2.56. The number of hydrogen-bond acceptors (Lipinski definition) is 6. The van der Waals surface area contributed by atoms with Crippen molar-refractivity contribution in [2.75, 3.05) is 6.54 Å². The third-order valence-corrected chi connectivity index (χ3v) is 8.34. The minimum Gasteiger partial charge on any atom is -0.481 e. The Labute approximate surface area is 194 Å². The average molecular weight is 537 g/mol. The van der Waals surface area contributed by atoms with Gasteiger partial charge >= 0.3 is 5.97 Å². The molecule has 0 amide bonds. The summed E-state index contributed by atoms with van der Waals surface area (Å²) in [5.74, 6) is 0.834. The first-order valence-corrected chi connectivity index (χ1v) is 12.1. The average Bonchev–Trinajstić information content (AvgIpc) is 3.07. The van der Waals surface area contributed by atoms with Gasteiger partial charge in [0, 0.05) is 16.7 Å². The highest BCUT2D eigenvalue weighted by molar-refractivity contribution is 14.1. The van der Waals surface area contributed by atoms with Crippen molar-refractivity contribution in [2.24, 2.45) is 17.3 Å². The summed E-state index contributed by atoms with van der Waals surface area (Å²) in [6.45, 7) is 2.23. The first kappa shape index (κ1) is 21.3. The molecule has 1 aromatic heterocycles. The summed E-state index contributed by atoms with van der Waals surface area (Å²) in [6, 6.07) is 6.34. The standard InChI is InChI=1S/C22H28IN5O3/c23-18-4-14(1-2-17(18)11-28-19(5-20(29)30)25-26-27-28)10-24-13-21-6-15-3-16(7-21)9-22(31,8-15)12-21/h1-2,4,15-16,24,31H,3,5-13H2,(H,29,30).